The van der Waals surface area contributed by atoms with Crippen LogP contribution in [-0.2, 0) is 0 Å². The summed E-state index contributed by atoms with van der Waals surface area (Å²) in [6.07, 6.45) is 11.1. The van der Waals surface area contributed by atoms with Crippen LogP contribution < -0.4 is 34.0 Å². The maximum Gasteiger partial charge on any atom is 0.258 e. The number of hydrogen-bond donors (Lipinski definition) is 0. The largest absolute Gasteiger partial charge is 1.00 e. The third-order valence-corrected chi connectivity index (χ3v) is 10.7. The van der Waals surface area contributed by atoms with Crippen LogP contribution in [0, 0.1) is 0 Å². The Balaban J connectivity index is 0.00000325. The lowest BCUT2D eigenvalue weighted by Gasteiger charge is -2.31. The molecule has 8 heteroatoms. The zero-order valence-corrected chi connectivity index (χ0v) is 35.6. The van der Waals surface area contributed by atoms with E-state index in [1.54, 1.807) is 0 Å². The summed E-state index contributed by atoms with van der Waals surface area (Å²) in [7, 11) is 9.30. The fourth-order valence-corrected chi connectivity index (χ4v) is 7.73. The highest BCUT2D eigenvalue weighted by atomic mass is 79.9. The maximum absolute atomic E-state index is 13.4. The Morgan fingerprint density at radius 3 is 1.11 bits per heavy atom. The van der Waals surface area contributed by atoms with E-state index in [0.29, 0.717) is 0 Å². The SMILES string of the molecule is C[N+](C)(CCCCCC[N+](C)(C)CCCN1C(=O)c2ccccc2/C1=C/c1ccccc1)CCCN1C(=O)c2ccccc2/C1=C/c1ccccc1.[Br-].[Br-]. The quantitative estimate of drug-likeness (QED) is 0.121. The summed E-state index contributed by atoms with van der Waals surface area (Å²) in [6, 6.07) is 36.6. The molecule has 0 unspecified atom stereocenters. The highest BCUT2D eigenvalue weighted by Crippen LogP contribution is 2.35. The van der Waals surface area contributed by atoms with Crippen molar-refractivity contribution in [3.63, 3.8) is 0 Å². The number of nitrogens with zero attached hydrogens (tertiary/aromatic N) is 4. The highest BCUT2D eigenvalue weighted by molar-refractivity contribution is 6.12. The molecule has 0 aromatic heterocycles. The van der Waals surface area contributed by atoms with Crippen molar-refractivity contribution in [1.29, 1.82) is 0 Å². The average Bonchev–Trinajstić information content (AvgIpc) is 3.56. The molecule has 2 heterocycles. The molecule has 6 rings (SSSR count). The van der Waals surface area contributed by atoms with Gasteiger partial charge < -0.3 is 52.7 Å². The van der Waals surface area contributed by atoms with Gasteiger partial charge in [0.1, 0.15) is 0 Å². The summed E-state index contributed by atoms with van der Waals surface area (Å²) in [5.41, 5.74) is 7.92. The van der Waals surface area contributed by atoms with Crippen molar-refractivity contribution in [3.05, 3.63) is 143 Å². The van der Waals surface area contributed by atoms with Crippen LogP contribution in [0.4, 0.5) is 0 Å². The number of quaternary nitrogens is 2. The molecule has 0 aliphatic carbocycles. The van der Waals surface area contributed by atoms with Crippen LogP contribution in [0.25, 0.3) is 23.5 Å². The molecule has 0 spiro atoms. The van der Waals surface area contributed by atoms with Crippen LogP contribution in [0.5, 0.6) is 0 Å². The minimum atomic E-state index is 0. The first-order valence-corrected chi connectivity index (χ1v) is 19.1. The Bertz CT molecular complexity index is 1770. The first-order valence-electron chi connectivity index (χ1n) is 19.1. The number of rotatable bonds is 17. The molecule has 4 aromatic carbocycles. The Hall–Kier alpha value is -3.82. The van der Waals surface area contributed by atoms with Crippen molar-refractivity contribution in [2.24, 2.45) is 0 Å². The number of hydrogen-bond acceptors (Lipinski definition) is 2. The summed E-state index contributed by atoms with van der Waals surface area (Å²) in [4.78, 5) is 30.8. The minimum Gasteiger partial charge on any atom is -1.00 e. The van der Waals surface area contributed by atoms with Gasteiger partial charge in [-0.05, 0) is 61.1 Å². The summed E-state index contributed by atoms with van der Waals surface area (Å²) >= 11 is 0. The molecule has 2 aliphatic heterocycles. The van der Waals surface area contributed by atoms with Gasteiger partial charge in [-0.1, -0.05) is 97.1 Å². The molecule has 0 atom stereocenters. The normalized spacial score (nSPS) is 15.3. The van der Waals surface area contributed by atoms with Gasteiger partial charge in [-0.2, -0.15) is 0 Å². The Kier molecular flexibility index (Phi) is 15.6. The number of benzene rings is 4. The number of carbonyl (C=O) groups is 2. The summed E-state index contributed by atoms with van der Waals surface area (Å²) in [5.74, 6) is 0.230. The van der Waals surface area contributed by atoms with E-state index < -0.39 is 0 Å². The van der Waals surface area contributed by atoms with E-state index >= 15 is 0 Å². The van der Waals surface area contributed by atoms with Crippen LogP contribution in [-0.4, -0.2) is 98.0 Å². The number of carbonyl (C=O) groups excluding carboxylic acids is 2. The van der Waals surface area contributed by atoms with Gasteiger partial charge in [0, 0.05) is 48.2 Å². The van der Waals surface area contributed by atoms with E-state index in [1.165, 1.54) is 25.7 Å². The lowest BCUT2D eigenvalue weighted by Crippen LogP contribution is -3.00. The van der Waals surface area contributed by atoms with E-state index in [1.807, 2.05) is 82.6 Å². The molecule has 2 amide bonds. The van der Waals surface area contributed by atoms with Crippen molar-refractivity contribution in [1.82, 2.24) is 9.80 Å². The average molecular weight is 857 g/mol. The molecule has 0 saturated heterocycles. The van der Waals surface area contributed by atoms with Crippen molar-refractivity contribution in [2.45, 2.75) is 38.5 Å². The van der Waals surface area contributed by atoms with Gasteiger partial charge in [0.15, 0.2) is 0 Å². The third kappa shape index (κ3) is 10.9. The number of unbranched alkanes of at least 4 members (excludes halogenated alkanes) is 3. The molecule has 0 N–H and O–H groups in total. The third-order valence-electron chi connectivity index (χ3n) is 10.7. The van der Waals surface area contributed by atoms with Gasteiger partial charge >= 0.3 is 0 Å². The van der Waals surface area contributed by atoms with Gasteiger partial charge in [-0.25, -0.2) is 0 Å². The topological polar surface area (TPSA) is 40.6 Å². The lowest BCUT2D eigenvalue weighted by molar-refractivity contribution is -0.891. The second kappa shape index (κ2) is 19.7. The first-order chi connectivity index (χ1) is 25.1. The molecular formula is C46H56Br2N4O2. The minimum absolute atomic E-state index is 0. The second-order valence-corrected chi connectivity index (χ2v) is 15.8. The van der Waals surface area contributed by atoms with Crippen LogP contribution in [0.3, 0.4) is 0 Å². The second-order valence-electron chi connectivity index (χ2n) is 15.8. The van der Waals surface area contributed by atoms with Gasteiger partial charge in [0.2, 0.25) is 0 Å². The molecule has 0 saturated carbocycles. The molecule has 54 heavy (non-hydrogen) atoms. The van der Waals surface area contributed by atoms with Gasteiger partial charge in [-0.3, -0.25) is 9.59 Å². The van der Waals surface area contributed by atoms with Crippen molar-refractivity contribution < 1.29 is 52.5 Å². The monoisotopic (exact) mass is 854 g/mol. The first kappa shape index (κ1) is 42.9. The number of amides is 2. The van der Waals surface area contributed by atoms with Crippen molar-refractivity contribution in [2.75, 3.05) is 67.5 Å². The molecule has 0 bridgehead atoms. The van der Waals surface area contributed by atoms with E-state index in [-0.39, 0.29) is 45.8 Å². The van der Waals surface area contributed by atoms with E-state index in [4.69, 9.17) is 0 Å². The van der Waals surface area contributed by atoms with Crippen LogP contribution in [0.1, 0.15) is 81.5 Å². The highest BCUT2D eigenvalue weighted by Gasteiger charge is 2.33. The summed E-state index contributed by atoms with van der Waals surface area (Å²) in [5, 5.41) is 0. The molecular weight excluding hydrogens is 800 g/mol. The summed E-state index contributed by atoms with van der Waals surface area (Å²) < 4.78 is 1.93. The van der Waals surface area contributed by atoms with Crippen LogP contribution in [0.15, 0.2) is 109 Å². The predicted octanol–water partition coefficient (Wildman–Crippen LogP) is 2.80. The Labute approximate surface area is 344 Å². The Morgan fingerprint density at radius 1 is 0.426 bits per heavy atom. The zero-order chi connectivity index (χ0) is 36.6. The standard InChI is InChI=1S/C46H56N4O2.2BrH/c1-49(2,33-19-29-47-43(35-37-21-9-7-10-22-37)39-25-13-15-27-41(39)45(47)51)31-17-5-6-18-32-50(3,4)34-20-30-48-44(36-38-23-11-8-12-24-38)40-26-14-16-28-42(40)46(48)52;;/h7-16,21-28,35-36H,5-6,17-20,29-34H2,1-4H3;2*1H/q+2;;/p-2/b43-35-,44-36-;;. The van der Waals surface area contributed by atoms with Gasteiger partial charge in [-0.15, -0.1) is 0 Å². The predicted molar refractivity (Wildman–Crippen MR) is 215 cm³/mol. The molecule has 6 nitrogen and oxygen atoms in total. The van der Waals surface area contributed by atoms with E-state index in [0.717, 1.165) is 106 Å². The van der Waals surface area contributed by atoms with Gasteiger partial charge in [0.05, 0.1) is 65.8 Å². The van der Waals surface area contributed by atoms with E-state index in [9.17, 15) is 9.59 Å². The van der Waals surface area contributed by atoms with Crippen LogP contribution >= 0.6 is 0 Å². The smallest absolute Gasteiger partial charge is 0.258 e. The molecule has 2 aliphatic rings. The fraction of sp³-hybridized carbons (Fsp3) is 0.348. The molecule has 0 radical (unpaired) electrons. The van der Waals surface area contributed by atoms with Crippen molar-refractivity contribution in [3.8, 4) is 0 Å². The molecule has 0 fully saturated rings. The molecule has 4 aromatic rings. The van der Waals surface area contributed by atoms with Gasteiger partial charge in [0.25, 0.3) is 11.8 Å². The number of halogens is 2. The molecule has 286 valence electrons. The van der Waals surface area contributed by atoms with Crippen LogP contribution in [0.2, 0.25) is 0 Å². The fourth-order valence-electron chi connectivity index (χ4n) is 7.73. The maximum atomic E-state index is 13.4. The number of fused-ring (bicyclic) bond motifs is 2. The van der Waals surface area contributed by atoms with E-state index in [2.05, 4.69) is 76.7 Å². The summed E-state index contributed by atoms with van der Waals surface area (Å²) in [6.45, 7) is 5.81. The Morgan fingerprint density at radius 2 is 0.741 bits per heavy atom. The van der Waals surface area contributed by atoms with Crippen molar-refractivity contribution >= 4 is 35.4 Å². The lowest BCUT2D eigenvalue weighted by atomic mass is 10.1. The zero-order valence-electron chi connectivity index (χ0n) is 32.4.